The van der Waals surface area contributed by atoms with E-state index in [1.165, 1.54) is 5.56 Å². The van der Waals surface area contributed by atoms with E-state index in [-0.39, 0.29) is 17.6 Å². The second-order valence-electron chi connectivity index (χ2n) is 4.78. The zero-order valence-corrected chi connectivity index (χ0v) is 9.44. The second kappa shape index (κ2) is 3.32. The van der Waals surface area contributed by atoms with E-state index in [0.717, 1.165) is 19.4 Å². The van der Waals surface area contributed by atoms with Gasteiger partial charge in [0.1, 0.15) is 5.66 Å². The summed E-state index contributed by atoms with van der Waals surface area (Å²) >= 11 is 0. The van der Waals surface area contributed by atoms with Gasteiger partial charge in [-0.15, -0.1) is 0 Å². The second-order valence-corrected chi connectivity index (χ2v) is 4.78. The fourth-order valence-electron chi connectivity index (χ4n) is 2.97. The number of nitrogens with one attached hydrogen (secondary N) is 1. The molecule has 0 bridgehead atoms. The summed E-state index contributed by atoms with van der Waals surface area (Å²) in [5, 5.41) is 3.14. The molecule has 2 aliphatic heterocycles. The number of carbonyl (C=O) groups is 1. The topological polar surface area (TPSA) is 32.3 Å². The molecule has 0 saturated carbocycles. The molecule has 1 amide bonds. The van der Waals surface area contributed by atoms with Crippen molar-refractivity contribution >= 4 is 5.91 Å². The van der Waals surface area contributed by atoms with Crippen LogP contribution in [0.4, 0.5) is 0 Å². The molecular weight excluding hydrogens is 200 g/mol. The molecule has 1 N–H and O–H groups in total. The van der Waals surface area contributed by atoms with Gasteiger partial charge in [-0.1, -0.05) is 30.3 Å². The minimum Gasteiger partial charge on any atom is -0.333 e. The molecule has 1 aromatic carbocycles. The molecule has 0 spiro atoms. The van der Waals surface area contributed by atoms with Gasteiger partial charge in [0.2, 0.25) is 5.91 Å². The molecule has 2 unspecified atom stereocenters. The molecule has 1 aromatic rings. The predicted octanol–water partition coefficient (Wildman–Crippen LogP) is 1.45. The number of hydrogen-bond donors (Lipinski definition) is 1. The maximum Gasteiger partial charge on any atom is 0.239 e. The van der Waals surface area contributed by atoms with Crippen molar-refractivity contribution in [3.8, 4) is 0 Å². The number of nitrogens with zero attached hydrogens (tertiary/aromatic N) is 1. The molecule has 3 nitrogen and oxygen atoms in total. The molecule has 0 aromatic heterocycles. The number of hydrogen-bond acceptors (Lipinski definition) is 2. The smallest absolute Gasteiger partial charge is 0.239 e. The maximum atomic E-state index is 11.9. The molecule has 3 heteroatoms. The molecule has 2 fully saturated rings. The Labute approximate surface area is 95.4 Å². The average molecular weight is 216 g/mol. The van der Waals surface area contributed by atoms with E-state index in [4.69, 9.17) is 0 Å². The Hall–Kier alpha value is -1.35. The Morgan fingerprint density at radius 2 is 2.12 bits per heavy atom. The lowest BCUT2D eigenvalue weighted by molar-refractivity contribution is -0.121. The molecule has 2 atom stereocenters. The normalized spacial score (nSPS) is 33.8. The van der Waals surface area contributed by atoms with E-state index in [2.05, 4.69) is 29.3 Å². The van der Waals surface area contributed by atoms with Gasteiger partial charge in [0.25, 0.3) is 0 Å². The lowest BCUT2D eigenvalue weighted by Crippen LogP contribution is -2.46. The summed E-state index contributed by atoms with van der Waals surface area (Å²) < 4.78 is 0. The molecular formula is C13H16N2O. The number of fused-ring (bicyclic) bond motifs is 1. The van der Waals surface area contributed by atoms with Gasteiger partial charge in [0.05, 0.1) is 6.04 Å². The van der Waals surface area contributed by atoms with Crippen LogP contribution in [0.15, 0.2) is 30.3 Å². The lowest BCUT2D eigenvalue weighted by Gasteiger charge is -2.34. The summed E-state index contributed by atoms with van der Waals surface area (Å²) in [4.78, 5) is 14.2. The Balaban J connectivity index is 2.03. The van der Waals surface area contributed by atoms with Crippen molar-refractivity contribution in [2.75, 3.05) is 6.54 Å². The summed E-state index contributed by atoms with van der Waals surface area (Å²) in [6.45, 7) is 3.11. The van der Waals surface area contributed by atoms with Crippen molar-refractivity contribution < 1.29 is 4.79 Å². The first-order valence-corrected chi connectivity index (χ1v) is 5.86. The van der Waals surface area contributed by atoms with Crippen molar-refractivity contribution in [3.63, 3.8) is 0 Å². The van der Waals surface area contributed by atoms with Gasteiger partial charge in [0.15, 0.2) is 0 Å². The lowest BCUT2D eigenvalue weighted by atomic mass is 10.0. The molecule has 3 rings (SSSR count). The van der Waals surface area contributed by atoms with E-state index < -0.39 is 0 Å². The van der Waals surface area contributed by atoms with Gasteiger partial charge in [-0.25, -0.2) is 0 Å². The van der Waals surface area contributed by atoms with E-state index in [1.54, 1.807) is 0 Å². The fourth-order valence-corrected chi connectivity index (χ4v) is 2.97. The zero-order chi connectivity index (χ0) is 11.2. The number of carbonyl (C=O) groups excluding carboxylic acids is 1. The van der Waals surface area contributed by atoms with Gasteiger partial charge in [-0.2, -0.15) is 0 Å². The largest absolute Gasteiger partial charge is 0.333 e. The van der Waals surface area contributed by atoms with Crippen molar-refractivity contribution in [1.29, 1.82) is 0 Å². The summed E-state index contributed by atoms with van der Waals surface area (Å²) in [7, 11) is 0. The minimum atomic E-state index is -0.306. The summed E-state index contributed by atoms with van der Waals surface area (Å²) in [5.74, 6) is 0.184. The maximum absolute atomic E-state index is 11.9. The van der Waals surface area contributed by atoms with Gasteiger partial charge < -0.3 is 5.32 Å². The highest BCUT2D eigenvalue weighted by Crippen LogP contribution is 2.37. The van der Waals surface area contributed by atoms with Crippen LogP contribution in [0.5, 0.6) is 0 Å². The first kappa shape index (κ1) is 9.85. The zero-order valence-electron chi connectivity index (χ0n) is 9.44. The van der Waals surface area contributed by atoms with E-state index >= 15 is 0 Å². The van der Waals surface area contributed by atoms with Crippen LogP contribution in [0, 0.1) is 0 Å². The highest BCUT2D eigenvalue weighted by atomic mass is 16.2. The molecule has 2 saturated heterocycles. The van der Waals surface area contributed by atoms with Crippen LogP contribution in [-0.4, -0.2) is 23.4 Å². The Bertz CT molecular complexity index is 417. The summed E-state index contributed by atoms with van der Waals surface area (Å²) in [6.07, 6.45) is 2.12. The Morgan fingerprint density at radius 1 is 1.38 bits per heavy atom. The van der Waals surface area contributed by atoms with Crippen LogP contribution >= 0.6 is 0 Å². The van der Waals surface area contributed by atoms with Crippen molar-refractivity contribution in [2.24, 2.45) is 0 Å². The van der Waals surface area contributed by atoms with Crippen LogP contribution in [0.2, 0.25) is 0 Å². The van der Waals surface area contributed by atoms with E-state index in [0.29, 0.717) is 0 Å². The fraction of sp³-hybridized carbons (Fsp3) is 0.462. The summed E-state index contributed by atoms with van der Waals surface area (Å²) in [6, 6.07) is 10.3. The highest BCUT2D eigenvalue weighted by Gasteiger charge is 2.50. The van der Waals surface area contributed by atoms with Gasteiger partial charge in [-0.3, -0.25) is 9.69 Å². The first-order valence-electron chi connectivity index (χ1n) is 5.86. The minimum absolute atomic E-state index is 0.0882. The third-order valence-corrected chi connectivity index (χ3v) is 3.83. The van der Waals surface area contributed by atoms with Gasteiger partial charge in [0, 0.05) is 6.54 Å². The van der Waals surface area contributed by atoms with E-state index in [1.807, 2.05) is 18.2 Å². The number of rotatable bonds is 1. The van der Waals surface area contributed by atoms with Crippen molar-refractivity contribution in [2.45, 2.75) is 31.5 Å². The number of benzene rings is 1. The van der Waals surface area contributed by atoms with Crippen LogP contribution in [0.25, 0.3) is 0 Å². The third kappa shape index (κ3) is 1.21. The monoisotopic (exact) mass is 216 g/mol. The van der Waals surface area contributed by atoms with Crippen molar-refractivity contribution in [3.05, 3.63) is 35.9 Å². The van der Waals surface area contributed by atoms with Gasteiger partial charge >= 0.3 is 0 Å². The van der Waals surface area contributed by atoms with Crippen LogP contribution < -0.4 is 5.32 Å². The number of amides is 1. The van der Waals surface area contributed by atoms with Crippen LogP contribution in [-0.2, 0) is 10.5 Å². The van der Waals surface area contributed by atoms with Crippen LogP contribution in [0.1, 0.15) is 25.3 Å². The third-order valence-electron chi connectivity index (χ3n) is 3.83. The Morgan fingerprint density at radius 3 is 2.88 bits per heavy atom. The molecule has 0 aliphatic carbocycles. The predicted molar refractivity (Wildman–Crippen MR) is 61.7 cm³/mol. The highest BCUT2D eigenvalue weighted by molar-refractivity contribution is 5.85. The van der Waals surface area contributed by atoms with E-state index in [9.17, 15) is 4.79 Å². The quantitative estimate of drug-likeness (QED) is 0.770. The SMILES string of the molecule is CC1(c2ccccc2)NC(=O)C2CCCN21. The van der Waals surface area contributed by atoms with Gasteiger partial charge in [-0.05, 0) is 25.3 Å². The molecule has 0 radical (unpaired) electrons. The standard InChI is InChI=1S/C13H16N2O/c1-13(10-6-3-2-4-7-10)14-12(16)11-8-5-9-15(11)13/h2-4,6-7,11H,5,8-9H2,1H3,(H,14,16). The molecule has 84 valence electrons. The summed E-state index contributed by atoms with van der Waals surface area (Å²) in [5.41, 5.74) is 0.868. The average Bonchev–Trinajstić information content (AvgIpc) is 2.86. The van der Waals surface area contributed by atoms with Crippen LogP contribution in [0.3, 0.4) is 0 Å². The first-order chi connectivity index (χ1) is 7.72. The molecule has 2 heterocycles. The van der Waals surface area contributed by atoms with Crippen molar-refractivity contribution in [1.82, 2.24) is 10.2 Å². The Kier molecular flexibility index (Phi) is 2.04. The molecule has 2 aliphatic rings. The molecule has 16 heavy (non-hydrogen) atoms.